The van der Waals surface area contributed by atoms with E-state index in [9.17, 15) is 4.79 Å². The number of carbonyl (C=O) groups excluding carboxylic acids is 1. The van der Waals surface area contributed by atoms with Crippen LogP contribution in [0.1, 0.15) is 46.1 Å². The van der Waals surface area contributed by atoms with Crippen LogP contribution >= 0.6 is 0 Å². The van der Waals surface area contributed by atoms with Gasteiger partial charge < -0.3 is 9.32 Å². The van der Waals surface area contributed by atoms with Crippen LogP contribution in [0.25, 0.3) is 0 Å². The minimum Gasteiger partial charge on any atom is -0.447 e. The Hall–Kier alpha value is -2.14. The average Bonchev–Trinajstić information content (AvgIpc) is 3.32. The number of carbonyl (C=O) groups is 1. The Labute approximate surface area is 142 Å². The summed E-state index contributed by atoms with van der Waals surface area (Å²) in [7, 11) is 0. The molecule has 1 amide bonds. The van der Waals surface area contributed by atoms with Crippen molar-refractivity contribution in [3.8, 4) is 0 Å². The molecule has 0 atom stereocenters. The minimum absolute atomic E-state index is 0.0286. The fourth-order valence-electron chi connectivity index (χ4n) is 3.38. The van der Waals surface area contributed by atoms with Crippen molar-refractivity contribution in [1.82, 2.24) is 14.8 Å². The molecule has 0 N–H and O–H groups in total. The zero-order chi connectivity index (χ0) is 16.5. The molecule has 0 bridgehead atoms. The fourth-order valence-corrected chi connectivity index (χ4v) is 3.38. The minimum atomic E-state index is 0.0286. The van der Waals surface area contributed by atoms with Crippen molar-refractivity contribution in [3.63, 3.8) is 0 Å². The number of rotatable bonds is 4. The summed E-state index contributed by atoms with van der Waals surface area (Å²) in [6.07, 6.45) is 3.63. The molecule has 1 aromatic carbocycles. The van der Waals surface area contributed by atoms with Gasteiger partial charge in [0.15, 0.2) is 12.1 Å². The summed E-state index contributed by atoms with van der Waals surface area (Å²) < 4.78 is 5.44. The van der Waals surface area contributed by atoms with Gasteiger partial charge in [0.05, 0.1) is 0 Å². The molecule has 1 saturated carbocycles. The molecule has 5 nitrogen and oxygen atoms in total. The summed E-state index contributed by atoms with van der Waals surface area (Å²) in [5.41, 5.74) is 3.16. The first kappa shape index (κ1) is 15.4. The number of piperazine rings is 1. The first-order chi connectivity index (χ1) is 11.7. The van der Waals surface area contributed by atoms with E-state index in [1.165, 1.54) is 17.5 Å². The molecule has 126 valence electrons. The third-order valence-corrected chi connectivity index (χ3v) is 4.89. The highest BCUT2D eigenvalue weighted by Crippen LogP contribution is 2.41. The van der Waals surface area contributed by atoms with E-state index in [0.717, 1.165) is 51.3 Å². The van der Waals surface area contributed by atoms with E-state index in [2.05, 4.69) is 41.1 Å². The maximum absolute atomic E-state index is 12.7. The van der Waals surface area contributed by atoms with E-state index < -0.39 is 0 Å². The van der Waals surface area contributed by atoms with Crippen molar-refractivity contribution in [2.75, 3.05) is 26.2 Å². The lowest BCUT2D eigenvalue weighted by Crippen LogP contribution is -2.48. The van der Waals surface area contributed by atoms with Gasteiger partial charge in [0.1, 0.15) is 5.76 Å². The second kappa shape index (κ2) is 6.40. The van der Waals surface area contributed by atoms with Gasteiger partial charge in [0, 0.05) is 38.6 Å². The standard InChI is InChI=1S/C19H23N3O2/c1-14-3-2-4-15(11-14)12-21-7-9-22(10-8-21)19(23)17-18(16-5-6-16)24-13-20-17/h2-4,11,13,16H,5-10,12H2,1H3. The van der Waals surface area contributed by atoms with Gasteiger partial charge in [0.2, 0.25) is 0 Å². The topological polar surface area (TPSA) is 49.6 Å². The zero-order valence-corrected chi connectivity index (χ0v) is 14.1. The molecule has 2 aromatic rings. The van der Waals surface area contributed by atoms with E-state index in [0.29, 0.717) is 11.6 Å². The molecular weight excluding hydrogens is 302 g/mol. The zero-order valence-electron chi connectivity index (χ0n) is 14.1. The number of aryl methyl sites for hydroxylation is 1. The molecule has 2 aliphatic rings. The molecule has 2 fully saturated rings. The predicted molar refractivity (Wildman–Crippen MR) is 90.8 cm³/mol. The molecule has 1 aliphatic carbocycles. The van der Waals surface area contributed by atoms with Gasteiger partial charge in [-0.15, -0.1) is 0 Å². The van der Waals surface area contributed by atoms with Gasteiger partial charge in [-0.25, -0.2) is 4.98 Å². The van der Waals surface area contributed by atoms with Gasteiger partial charge in [0.25, 0.3) is 5.91 Å². The van der Waals surface area contributed by atoms with Gasteiger partial charge in [-0.1, -0.05) is 29.8 Å². The number of oxazole rings is 1. The van der Waals surface area contributed by atoms with Crippen molar-refractivity contribution in [2.24, 2.45) is 0 Å². The molecular formula is C19H23N3O2. The van der Waals surface area contributed by atoms with E-state index >= 15 is 0 Å². The maximum atomic E-state index is 12.7. The number of aromatic nitrogens is 1. The monoisotopic (exact) mass is 325 g/mol. The van der Waals surface area contributed by atoms with Crippen LogP contribution < -0.4 is 0 Å². The molecule has 0 radical (unpaired) electrons. The van der Waals surface area contributed by atoms with Crippen LogP contribution in [-0.4, -0.2) is 46.9 Å². The predicted octanol–water partition coefficient (Wildman–Crippen LogP) is 2.82. The normalized spacial score (nSPS) is 18.8. The Bertz CT molecular complexity index is 728. The highest BCUT2D eigenvalue weighted by molar-refractivity contribution is 5.93. The first-order valence-electron chi connectivity index (χ1n) is 8.71. The van der Waals surface area contributed by atoms with Gasteiger partial charge in [-0.3, -0.25) is 9.69 Å². The molecule has 1 aromatic heterocycles. The highest BCUT2D eigenvalue weighted by atomic mass is 16.3. The maximum Gasteiger partial charge on any atom is 0.276 e. The fraction of sp³-hybridized carbons (Fsp3) is 0.474. The summed E-state index contributed by atoms with van der Waals surface area (Å²) in [5, 5.41) is 0. The second-order valence-corrected chi connectivity index (χ2v) is 6.90. The summed E-state index contributed by atoms with van der Waals surface area (Å²) in [5.74, 6) is 1.23. The number of nitrogens with zero attached hydrogens (tertiary/aromatic N) is 3. The van der Waals surface area contributed by atoms with Crippen LogP contribution in [0.3, 0.4) is 0 Å². The number of amides is 1. The Kier molecular flexibility index (Phi) is 4.10. The Morgan fingerprint density at radius 3 is 2.75 bits per heavy atom. The van der Waals surface area contributed by atoms with Gasteiger partial charge in [-0.2, -0.15) is 0 Å². The van der Waals surface area contributed by atoms with Crippen LogP contribution in [-0.2, 0) is 6.54 Å². The first-order valence-corrected chi connectivity index (χ1v) is 8.71. The average molecular weight is 325 g/mol. The van der Waals surface area contributed by atoms with Crippen LogP contribution in [0.15, 0.2) is 35.1 Å². The van der Waals surface area contributed by atoms with Crippen molar-refractivity contribution < 1.29 is 9.21 Å². The van der Waals surface area contributed by atoms with Crippen molar-refractivity contribution in [2.45, 2.75) is 32.2 Å². The highest BCUT2D eigenvalue weighted by Gasteiger charge is 2.34. The quantitative estimate of drug-likeness (QED) is 0.867. The number of hydrogen-bond acceptors (Lipinski definition) is 4. The third kappa shape index (κ3) is 3.22. The SMILES string of the molecule is Cc1cccc(CN2CCN(C(=O)c3ncoc3C3CC3)CC2)c1. The molecule has 1 aliphatic heterocycles. The Balaban J connectivity index is 1.35. The Morgan fingerprint density at radius 2 is 2.04 bits per heavy atom. The lowest BCUT2D eigenvalue weighted by atomic mass is 10.1. The second-order valence-electron chi connectivity index (χ2n) is 6.90. The van der Waals surface area contributed by atoms with Crippen molar-refractivity contribution in [1.29, 1.82) is 0 Å². The van der Waals surface area contributed by atoms with Gasteiger partial charge in [-0.05, 0) is 25.3 Å². The molecule has 1 saturated heterocycles. The van der Waals surface area contributed by atoms with Crippen molar-refractivity contribution >= 4 is 5.91 Å². The van der Waals surface area contributed by atoms with Gasteiger partial charge >= 0.3 is 0 Å². The number of benzene rings is 1. The molecule has 0 unspecified atom stereocenters. The largest absolute Gasteiger partial charge is 0.447 e. The van der Waals surface area contributed by atoms with E-state index in [1.807, 2.05) is 4.90 Å². The summed E-state index contributed by atoms with van der Waals surface area (Å²) in [4.78, 5) is 21.2. The van der Waals surface area contributed by atoms with Crippen LogP contribution in [0, 0.1) is 6.92 Å². The summed E-state index contributed by atoms with van der Waals surface area (Å²) in [6.45, 7) is 6.37. The van der Waals surface area contributed by atoms with Crippen LogP contribution in [0.2, 0.25) is 0 Å². The van der Waals surface area contributed by atoms with E-state index in [4.69, 9.17) is 4.42 Å². The summed E-state index contributed by atoms with van der Waals surface area (Å²) in [6, 6.07) is 8.63. The molecule has 5 heteroatoms. The van der Waals surface area contributed by atoms with E-state index in [-0.39, 0.29) is 5.91 Å². The lowest BCUT2D eigenvalue weighted by Gasteiger charge is -2.34. The molecule has 4 rings (SSSR count). The third-order valence-electron chi connectivity index (χ3n) is 4.89. The molecule has 24 heavy (non-hydrogen) atoms. The van der Waals surface area contributed by atoms with Crippen LogP contribution in [0.4, 0.5) is 0 Å². The van der Waals surface area contributed by atoms with Crippen LogP contribution in [0.5, 0.6) is 0 Å². The summed E-state index contributed by atoms with van der Waals surface area (Å²) >= 11 is 0. The lowest BCUT2D eigenvalue weighted by molar-refractivity contribution is 0.0621. The van der Waals surface area contributed by atoms with Crippen molar-refractivity contribution in [3.05, 3.63) is 53.2 Å². The molecule has 2 heterocycles. The smallest absolute Gasteiger partial charge is 0.276 e. The number of hydrogen-bond donors (Lipinski definition) is 0. The molecule has 0 spiro atoms. The van der Waals surface area contributed by atoms with E-state index in [1.54, 1.807) is 0 Å². The Morgan fingerprint density at radius 1 is 1.25 bits per heavy atom.